The first-order valence-electron chi connectivity index (χ1n) is 8.48. The zero-order chi connectivity index (χ0) is 17.6. The van der Waals surface area contributed by atoms with E-state index in [1.54, 1.807) is 24.3 Å². The highest BCUT2D eigenvalue weighted by atomic mass is 35.5. The van der Waals surface area contributed by atoms with Gasteiger partial charge in [0.05, 0.1) is 0 Å². The smallest absolute Gasteiger partial charge is 0.251 e. The Morgan fingerprint density at radius 2 is 1.68 bits per heavy atom. The Hall–Kier alpha value is -1.37. The third kappa shape index (κ3) is 7.57. The largest absolute Gasteiger partial charge is 0.399 e. The van der Waals surface area contributed by atoms with Gasteiger partial charge in [0.1, 0.15) is 0 Å². The van der Waals surface area contributed by atoms with Crippen molar-refractivity contribution in [3.05, 3.63) is 59.1 Å². The van der Waals surface area contributed by atoms with E-state index in [4.69, 9.17) is 17.3 Å². The number of nitrogens with two attached hydrogens (primary N) is 1. The van der Waals surface area contributed by atoms with Crippen LogP contribution in [0.25, 0.3) is 0 Å². The van der Waals surface area contributed by atoms with Crippen molar-refractivity contribution >= 4 is 66.1 Å². The SMILES string of the molecule is Cl.Cl.Cl.Nc1cccc(C(=O)NCCN2CCN(c3cccc(Cl)c3)CC2)c1. The first kappa shape index (κ1) is 26.6. The highest BCUT2D eigenvalue weighted by molar-refractivity contribution is 6.30. The monoisotopic (exact) mass is 466 g/mol. The van der Waals surface area contributed by atoms with Crippen LogP contribution in [0.15, 0.2) is 48.5 Å². The quantitative estimate of drug-likeness (QED) is 0.657. The number of carbonyl (C=O) groups excluding carboxylic acids is 1. The van der Waals surface area contributed by atoms with Crippen LogP contribution in [0.2, 0.25) is 5.02 Å². The summed E-state index contributed by atoms with van der Waals surface area (Å²) in [5, 5.41) is 3.72. The molecule has 3 N–H and O–H groups in total. The van der Waals surface area contributed by atoms with Crippen molar-refractivity contribution in [2.24, 2.45) is 0 Å². The Morgan fingerprint density at radius 3 is 2.32 bits per heavy atom. The van der Waals surface area contributed by atoms with Gasteiger partial charge in [0.2, 0.25) is 0 Å². The lowest BCUT2D eigenvalue weighted by atomic mass is 10.2. The summed E-state index contributed by atoms with van der Waals surface area (Å²) < 4.78 is 0. The molecule has 2 aromatic carbocycles. The van der Waals surface area contributed by atoms with Crippen LogP contribution in [-0.2, 0) is 0 Å². The van der Waals surface area contributed by atoms with Crippen molar-refractivity contribution in [3.63, 3.8) is 0 Å². The molecule has 0 aromatic heterocycles. The molecule has 1 heterocycles. The molecule has 156 valence electrons. The van der Waals surface area contributed by atoms with Crippen molar-refractivity contribution in [3.8, 4) is 0 Å². The van der Waals surface area contributed by atoms with E-state index >= 15 is 0 Å². The Labute approximate surface area is 189 Å². The standard InChI is InChI=1S/C19H23ClN4O.3ClH/c20-16-4-2-6-18(14-16)24-11-9-23(10-12-24)8-7-22-19(25)15-3-1-5-17(21)13-15;;;/h1-6,13-14H,7-12,21H2,(H,22,25);3*1H. The molecule has 0 spiro atoms. The molecule has 0 saturated carbocycles. The van der Waals surface area contributed by atoms with E-state index in [9.17, 15) is 4.79 Å². The maximum Gasteiger partial charge on any atom is 0.251 e. The first-order valence-corrected chi connectivity index (χ1v) is 8.86. The molecule has 0 bridgehead atoms. The molecule has 1 saturated heterocycles. The molecule has 5 nitrogen and oxygen atoms in total. The van der Waals surface area contributed by atoms with Gasteiger partial charge in [-0.25, -0.2) is 0 Å². The van der Waals surface area contributed by atoms with Gasteiger partial charge in [-0.3, -0.25) is 9.69 Å². The lowest BCUT2D eigenvalue weighted by molar-refractivity contribution is 0.0948. The van der Waals surface area contributed by atoms with E-state index in [0.29, 0.717) is 17.8 Å². The summed E-state index contributed by atoms with van der Waals surface area (Å²) in [6.07, 6.45) is 0. The Bertz CT molecular complexity index is 739. The van der Waals surface area contributed by atoms with Gasteiger partial charge in [-0.1, -0.05) is 23.7 Å². The molecule has 0 aliphatic carbocycles. The number of piperazine rings is 1. The summed E-state index contributed by atoms with van der Waals surface area (Å²) in [6.45, 7) is 5.34. The minimum atomic E-state index is -0.0788. The second kappa shape index (κ2) is 13.0. The van der Waals surface area contributed by atoms with Gasteiger partial charge in [-0.05, 0) is 36.4 Å². The number of nitrogens with one attached hydrogen (secondary N) is 1. The molecule has 1 fully saturated rings. The highest BCUT2D eigenvalue weighted by Crippen LogP contribution is 2.20. The van der Waals surface area contributed by atoms with E-state index in [2.05, 4.69) is 21.2 Å². The van der Waals surface area contributed by atoms with E-state index in [1.807, 2.05) is 18.2 Å². The zero-order valence-electron chi connectivity index (χ0n) is 15.3. The van der Waals surface area contributed by atoms with Gasteiger partial charge in [-0.2, -0.15) is 0 Å². The maximum atomic E-state index is 12.1. The van der Waals surface area contributed by atoms with Crippen molar-refractivity contribution in [1.29, 1.82) is 0 Å². The first-order chi connectivity index (χ1) is 12.1. The van der Waals surface area contributed by atoms with Crippen LogP contribution in [0.4, 0.5) is 11.4 Å². The summed E-state index contributed by atoms with van der Waals surface area (Å²) in [6, 6.07) is 15.0. The number of amides is 1. The Kier molecular flexibility index (Phi) is 12.3. The molecule has 1 aliphatic rings. The molecule has 9 heteroatoms. The number of benzene rings is 2. The van der Waals surface area contributed by atoms with Crippen LogP contribution in [0.5, 0.6) is 0 Å². The van der Waals surface area contributed by atoms with Crippen LogP contribution in [-0.4, -0.2) is 50.1 Å². The van der Waals surface area contributed by atoms with Gasteiger partial charge >= 0.3 is 0 Å². The minimum Gasteiger partial charge on any atom is -0.399 e. The fourth-order valence-corrected chi connectivity index (χ4v) is 3.20. The average Bonchev–Trinajstić information content (AvgIpc) is 2.62. The molecule has 28 heavy (non-hydrogen) atoms. The number of halogens is 4. The Morgan fingerprint density at radius 1 is 1.00 bits per heavy atom. The third-order valence-corrected chi connectivity index (χ3v) is 4.64. The van der Waals surface area contributed by atoms with Crippen LogP contribution in [0, 0.1) is 0 Å². The van der Waals surface area contributed by atoms with Crippen LogP contribution in [0.3, 0.4) is 0 Å². The molecule has 0 unspecified atom stereocenters. The number of nitrogen functional groups attached to an aromatic ring is 1. The second-order valence-electron chi connectivity index (χ2n) is 6.19. The summed E-state index contributed by atoms with van der Waals surface area (Å²) in [7, 11) is 0. The minimum absolute atomic E-state index is 0. The molecule has 1 amide bonds. The van der Waals surface area contributed by atoms with Crippen LogP contribution >= 0.6 is 48.8 Å². The fraction of sp³-hybridized carbons (Fsp3) is 0.316. The predicted octanol–water partition coefficient (Wildman–Crippen LogP) is 3.74. The average molecular weight is 468 g/mol. The van der Waals surface area contributed by atoms with Crippen molar-refractivity contribution in [2.45, 2.75) is 0 Å². The number of nitrogens with zero attached hydrogens (tertiary/aromatic N) is 2. The normalized spacial score (nSPS) is 13.5. The molecule has 0 atom stereocenters. The van der Waals surface area contributed by atoms with E-state index in [-0.39, 0.29) is 43.1 Å². The van der Waals surface area contributed by atoms with E-state index in [0.717, 1.165) is 37.7 Å². The number of rotatable bonds is 5. The second-order valence-corrected chi connectivity index (χ2v) is 6.63. The van der Waals surface area contributed by atoms with E-state index < -0.39 is 0 Å². The van der Waals surface area contributed by atoms with Gasteiger partial charge in [-0.15, -0.1) is 37.2 Å². The van der Waals surface area contributed by atoms with Crippen LogP contribution < -0.4 is 16.0 Å². The summed E-state index contributed by atoms with van der Waals surface area (Å²) in [4.78, 5) is 16.8. The van der Waals surface area contributed by atoms with Gasteiger partial charge in [0.15, 0.2) is 0 Å². The molecular formula is C19H26Cl4N4O. The fourth-order valence-electron chi connectivity index (χ4n) is 3.01. The van der Waals surface area contributed by atoms with Crippen LogP contribution in [0.1, 0.15) is 10.4 Å². The Balaban J connectivity index is 0.00000243. The molecule has 2 aromatic rings. The van der Waals surface area contributed by atoms with Crippen molar-refractivity contribution < 1.29 is 4.79 Å². The predicted molar refractivity (Wildman–Crippen MR) is 125 cm³/mol. The molecule has 0 radical (unpaired) electrons. The molecule has 3 rings (SSSR count). The highest BCUT2D eigenvalue weighted by Gasteiger charge is 2.17. The topological polar surface area (TPSA) is 61.6 Å². The summed E-state index contributed by atoms with van der Waals surface area (Å²) in [5.41, 5.74) is 8.08. The lowest BCUT2D eigenvalue weighted by Crippen LogP contribution is -2.48. The lowest BCUT2D eigenvalue weighted by Gasteiger charge is -2.36. The number of hydrogen-bond donors (Lipinski definition) is 2. The van der Waals surface area contributed by atoms with Crippen molar-refractivity contribution in [2.75, 3.05) is 49.9 Å². The summed E-state index contributed by atoms with van der Waals surface area (Å²) in [5.74, 6) is -0.0788. The number of hydrogen-bond acceptors (Lipinski definition) is 4. The number of anilines is 2. The van der Waals surface area contributed by atoms with E-state index in [1.165, 1.54) is 5.69 Å². The van der Waals surface area contributed by atoms with Gasteiger partial charge in [0.25, 0.3) is 5.91 Å². The number of carbonyl (C=O) groups is 1. The van der Waals surface area contributed by atoms with Gasteiger partial charge in [0, 0.05) is 61.2 Å². The summed E-state index contributed by atoms with van der Waals surface area (Å²) >= 11 is 6.07. The molecular weight excluding hydrogens is 442 g/mol. The molecule has 1 aliphatic heterocycles. The maximum absolute atomic E-state index is 12.1. The third-order valence-electron chi connectivity index (χ3n) is 4.41. The zero-order valence-corrected chi connectivity index (χ0v) is 18.5. The van der Waals surface area contributed by atoms with Crippen molar-refractivity contribution in [1.82, 2.24) is 10.2 Å². The van der Waals surface area contributed by atoms with Gasteiger partial charge < -0.3 is 16.0 Å².